The first-order valence-corrected chi connectivity index (χ1v) is 4.93. The van der Waals surface area contributed by atoms with E-state index in [2.05, 4.69) is 0 Å². The molecule has 1 aromatic rings. The fourth-order valence-electron chi connectivity index (χ4n) is 1.35. The molecule has 1 aliphatic rings. The van der Waals surface area contributed by atoms with Gasteiger partial charge in [-0.3, -0.25) is 0 Å². The van der Waals surface area contributed by atoms with Crippen LogP contribution in [0.4, 0.5) is 0 Å². The fourth-order valence-corrected chi connectivity index (χ4v) is 2.72. The van der Waals surface area contributed by atoms with E-state index < -0.39 is 4.33 Å². The number of halogens is 4. The molecular formula is C8H4Cl4. The normalized spacial score (nSPS) is 24.5. The summed E-state index contributed by atoms with van der Waals surface area (Å²) in [6.07, 6.45) is 0. The van der Waals surface area contributed by atoms with Gasteiger partial charge in [-0.2, -0.15) is 0 Å². The van der Waals surface area contributed by atoms with Crippen molar-refractivity contribution in [1.29, 1.82) is 0 Å². The average molecular weight is 242 g/mol. The molecule has 0 radical (unpaired) electrons. The lowest BCUT2D eigenvalue weighted by atomic mass is 9.87. The van der Waals surface area contributed by atoms with Crippen molar-refractivity contribution in [3.8, 4) is 0 Å². The van der Waals surface area contributed by atoms with Crippen LogP contribution in [0.5, 0.6) is 0 Å². The number of benzene rings is 1. The summed E-state index contributed by atoms with van der Waals surface area (Å²) >= 11 is 23.7. The predicted octanol–water partition coefficient (Wildman–Crippen LogP) is 4.26. The lowest BCUT2D eigenvalue weighted by Crippen LogP contribution is -2.30. The van der Waals surface area contributed by atoms with Gasteiger partial charge in [-0.05, 0) is 11.6 Å². The smallest absolute Gasteiger partial charge is 0.114 e. The molecule has 1 atom stereocenters. The minimum absolute atomic E-state index is 0.352. The first kappa shape index (κ1) is 8.96. The maximum atomic E-state index is 5.94. The van der Waals surface area contributed by atoms with Crippen LogP contribution < -0.4 is 0 Å². The molecule has 0 nitrogen and oxygen atoms in total. The number of hydrogen-bond donors (Lipinski definition) is 0. The van der Waals surface area contributed by atoms with Crippen LogP contribution in [0, 0.1) is 0 Å². The molecule has 4 heteroatoms. The maximum Gasteiger partial charge on any atom is 0.165 e. The van der Waals surface area contributed by atoms with Gasteiger partial charge in [0.15, 0.2) is 4.33 Å². The average Bonchev–Trinajstić information content (AvgIpc) is 2.03. The van der Waals surface area contributed by atoms with Gasteiger partial charge in [0.05, 0.1) is 5.38 Å². The molecule has 2 rings (SSSR count). The topological polar surface area (TPSA) is 0 Å². The van der Waals surface area contributed by atoms with Crippen molar-refractivity contribution in [2.45, 2.75) is 9.71 Å². The summed E-state index contributed by atoms with van der Waals surface area (Å²) < 4.78 is -1.02. The molecule has 1 unspecified atom stereocenters. The second-order valence-corrected chi connectivity index (χ2v) is 4.92. The van der Waals surface area contributed by atoms with E-state index in [4.69, 9.17) is 46.4 Å². The van der Waals surface area contributed by atoms with Crippen LogP contribution in [-0.2, 0) is 4.33 Å². The SMILES string of the molecule is Clc1cccc2c1C(Cl)(Cl)C2Cl. The summed E-state index contributed by atoms with van der Waals surface area (Å²) in [6, 6.07) is 5.46. The Balaban J connectivity index is 2.63. The first-order valence-electron chi connectivity index (χ1n) is 3.36. The van der Waals surface area contributed by atoms with Gasteiger partial charge in [-0.25, -0.2) is 0 Å². The fraction of sp³-hybridized carbons (Fsp3) is 0.250. The molecule has 1 aliphatic carbocycles. The zero-order chi connectivity index (χ0) is 8.93. The Morgan fingerprint density at radius 2 is 1.92 bits per heavy atom. The summed E-state index contributed by atoms with van der Waals surface area (Å²) in [7, 11) is 0. The van der Waals surface area contributed by atoms with E-state index in [-0.39, 0.29) is 5.38 Å². The quantitative estimate of drug-likeness (QED) is 0.596. The molecule has 1 aromatic carbocycles. The Bertz CT molecular complexity index is 332. The van der Waals surface area contributed by atoms with Gasteiger partial charge in [0.2, 0.25) is 0 Å². The molecule has 0 heterocycles. The van der Waals surface area contributed by atoms with Gasteiger partial charge < -0.3 is 0 Å². The Morgan fingerprint density at radius 1 is 1.25 bits per heavy atom. The highest BCUT2D eigenvalue weighted by Gasteiger charge is 2.50. The molecule has 0 aliphatic heterocycles. The Morgan fingerprint density at radius 3 is 2.50 bits per heavy atom. The number of rotatable bonds is 0. The number of fused-ring (bicyclic) bond motifs is 1. The van der Waals surface area contributed by atoms with Gasteiger partial charge in [-0.1, -0.05) is 46.9 Å². The molecule has 0 spiro atoms. The number of hydrogen-bond acceptors (Lipinski definition) is 0. The highest BCUT2D eigenvalue weighted by Crippen LogP contribution is 2.61. The Kier molecular flexibility index (Phi) is 2.00. The Hall–Kier alpha value is 0.380. The van der Waals surface area contributed by atoms with Gasteiger partial charge in [0.25, 0.3) is 0 Å². The van der Waals surface area contributed by atoms with Crippen molar-refractivity contribution >= 4 is 46.4 Å². The Labute approximate surface area is 90.4 Å². The monoisotopic (exact) mass is 240 g/mol. The molecule has 0 N–H and O–H groups in total. The minimum Gasteiger partial charge on any atom is -0.114 e. The van der Waals surface area contributed by atoms with E-state index in [0.717, 1.165) is 11.1 Å². The predicted molar refractivity (Wildman–Crippen MR) is 53.4 cm³/mol. The molecule has 0 saturated carbocycles. The molecule has 0 fully saturated rings. The largest absolute Gasteiger partial charge is 0.165 e. The van der Waals surface area contributed by atoms with Gasteiger partial charge in [-0.15, -0.1) is 11.6 Å². The van der Waals surface area contributed by atoms with E-state index in [1.807, 2.05) is 12.1 Å². The second-order valence-electron chi connectivity index (χ2n) is 2.69. The summed E-state index contributed by atoms with van der Waals surface area (Å²) in [5.74, 6) is 0. The van der Waals surface area contributed by atoms with Crippen LogP contribution in [-0.4, -0.2) is 0 Å². The van der Waals surface area contributed by atoms with Crippen LogP contribution in [0.25, 0.3) is 0 Å². The minimum atomic E-state index is -1.02. The van der Waals surface area contributed by atoms with Gasteiger partial charge in [0.1, 0.15) is 0 Å². The summed E-state index contributed by atoms with van der Waals surface area (Å²) in [6.45, 7) is 0. The number of alkyl halides is 3. The van der Waals surface area contributed by atoms with Crippen LogP contribution in [0.1, 0.15) is 16.5 Å². The van der Waals surface area contributed by atoms with Crippen LogP contribution >= 0.6 is 46.4 Å². The summed E-state index contributed by atoms with van der Waals surface area (Å²) in [5.41, 5.74) is 1.67. The molecule has 12 heavy (non-hydrogen) atoms. The van der Waals surface area contributed by atoms with Crippen molar-refractivity contribution in [3.63, 3.8) is 0 Å². The third-order valence-electron chi connectivity index (χ3n) is 1.97. The zero-order valence-corrected chi connectivity index (χ0v) is 8.84. The molecule has 64 valence electrons. The highest BCUT2D eigenvalue weighted by atomic mass is 35.5. The van der Waals surface area contributed by atoms with Crippen molar-refractivity contribution in [2.24, 2.45) is 0 Å². The second kappa shape index (κ2) is 2.68. The maximum absolute atomic E-state index is 5.94. The van der Waals surface area contributed by atoms with Gasteiger partial charge in [0, 0.05) is 10.6 Å². The van der Waals surface area contributed by atoms with Crippen LogP contribution in [0.15, 0.2) is 18.2 Å². The van der Waals surface area contributed by atoms with Crippen molar-refractivity contribution in [2.75, 3.05) is 0 Å². The highest BCUT2D eigenvalue weighted by molar-refractivity contribution is 6.54. The van der Waals surface area contributed by atoms with Crippen LogP contribution in [0.3, 0.4) is 0 Å². The van der Waals surface area contributed by atoms with Crippen molar-refractivity contribution < 1.29 is 0 Å². The van der Waals surface area contributed by atoms with Crippen molar-refractivity contribution in [3.05, 3.63) is 34.3 Å². The van der Waals surface area contributed by atoms with E-state index in [1.54, 1.807) is 6.07 Å². The van der Waals surface area contributed by atoms with E-state index in [9.17, 15) is 0 Å². The lowest BCUT2D eigenvalue weighted by molar-refractivity contribution is 0.699. The van der Waals surface area contributed by atoms with Crippen molar-refractivity contribution in [1.82, 2.24) is 0 Å². The lowest BCUT2D eigenvalue weighted by Gasteiger charge is -2.39. The van der Waals surface area contributed by atoms with E-state index >= 15 is 0 Å². The first-order chi connectivity index (χ1) is 5.55. The molecule has 0 amide bonds. The summed E-state index contributed by atoms with van der Waals surface area (Å²) in [4.78, 5) is 0. The molecule has 0 bridgehead atoms. The van der Waals surface area contributed by atoms with Crippen LogP contribution in [0.2, 0.25) is 5.02 Å². The van der Waals surface area contributed by atoms with E-state index in [0.29, 0.717) is 5.02 Å². The molecule has 0 aromatic heterocycles. The molecule has 0 saturated heterocycles. The zero-order valence-electron chi connectivity index (χ0n) is 5.82. The summed E-state index contributed by atoms with van der Waals surface area (Å²) in [5, 5.41) is 0.226. The standard InChI is InChI=1S/C8H4Cl4/c9-5-3-1-2-4-6(5)8(11,12)7(4)10/h1-3,7H. The third kappa shape index (κ3) is 0.990. The van der Waals surface area contributed by atoms with E-state index in [1.165, 1.54) is 0 Å². The van der Waals surface area contributed by atoms with Gasteiger partial charge >= 0.3 is 0 Å². The molecular weight excluding hydrogens is 238 g/mol. The third-order valence-corrected chi connectivity index (χ3v) is 3.89.